The number of nitrogens with zero attached hydrogens (tertiary/aromatic N) is 2. The summed E-state index contributed by atoms with van der Waals surface area (Å²) in [6, 6.07) is 7.01. The van der Waals surface area contributed by atoms with E-state index in [9.17, 15) is 13.2 Å². The lowest BCUT2D eigenvalue weighted by molar-refractivity contribution is -0.119. The van der Waals surface area contributed by atoms with Crippen molar-refractivity contribution >= 4 is 27.3 Å². The van der Waals surface area contributed by atoms with E-state index in [4.69, 9.17) is 0 Å². The molecule has 0 radical (unpaired) electrons. The molecule has 2 rings (SSSR count). The van der Waals surface area contributed by atoms with E-state index in [0.717, 1.165) is 47.5 Å². The molecule has 1 aromatic rings. The van der Waals surface area contributed by atoms with Gasteiger partial charge in [-0.15, -0.1) is 0 Å². The lowest BCUT2D eigenvalue weighted by Crippen LogP contribution is -2.39. The van der Waals surface area contributed by atoms with Gasteiger partial charge in [-0.05, 0) is 44.7 Å². The molecule has 0 aromatic heterocycles. The quantitative estimate of drug-likeness (QED) is 0.837. The summed E-state index contributed by atoms with van der Waals surface area (Å²) in [5, 5.41) is 4.12. The van der Waals surface area contributed by atoms with Gasteiger partial charge >= 0.3 is 0 Å². The second kappa shape index (κ2) is 7.59. The third-order valence-electron chi connectivity index (χ3n) is 3.78. The number of anilines is 1. The van der Waals surface area contributed by atoms with E-state index >= 15 is 0 Å². The van der Waals surface area contributed by atoms with Gasteiger partial charge in [-0.25, -0.2) is 13.8 Å². The average molecular weight is 337 g/mol. The second-order valence-electron chi connectivity index (χ2n) is 5.88. The maximum atomic E-state index is 12.1. The largest absolute Gasteiger partial charge is 0.271 e. The average Bonchev–Trinajstić information content (AvgIpc) is 2.52. The lowest BCUT2D eigenvalue weighted by Gasteiger charge is -2.21. The molecule has 1 aliphatic rings. The first-order chi connectivity index (χ1) is 10.9. The summed E-state index contributed by atoms with van der Waals surface area (Å²) in [5.74, 6) is -0.436. The Morgan fingerprint density at radius 3 is 2.35 bits per heavy atom. The molecule has 0 unspecified atom stereocenters. The zero-order valence-corrected chi connectivity index (χ0v) is 14.4. The molecule has 6 nitrogen and oxygen atoms in total. The molecule has 1 fully saturated rings. The van der Waals surface area contributed by atoms with E-state index in [-0.39, 0.29) is 6.54 Å². The maximum absolute atomic E-state index is 12.1. The summed E-state index contributed by atoms with van der Waals surface area (Å²) < 4.78 is 25.0. The zero-order valence-electron chi connectivity index (χ0n) is 13.6. The highest BCUT2D eigenvalue weighted by molar-refractivity contribution is 7.92. The normalized spacial score (nSPS) is 15.1. The molecule has 0 spiro atoms. The first kappa shape index (κ1) is 17.5. The molecule has 0 atom stereocenters. The smallest absolute Gasteiger partial charge is 0.260 e. The van der Waals surface area contributed by atoms with Crippen molar-refractivity contribution in [2.75, 3.05) is 17.1 Å². The Hall–Kier alpha value is -1.89. The molecule has 1 N–H and O–H groups in total. The number of rotatable bonds is 5. The van der Waals surface area contributed by atoms with Crippen molar-refractivity contribution < 1.29 is 13.2 Å². The SMILES string of the molecule is Cc1ccc(N(CC(=O)NN=C2CCCCC2)S(C)(=O)=O)cc1. The Morgan fingerprint density at radius 1 is 1.17 bits per heavy atom. The lowest BCUT2D eigenvalue weighted by atomic mass is 9.99. The molecule has 1 aliphatic carbocycles. The number of aryl methyl sites for hydroxylation is 1. The van der Waals surface area contributed by atoms with Crippen LogP contribution in [0.3, 0.4) is 0 Å². The monoisotopic (exact) mass is 337 g/mol. The van der Waals surface area contributed by atoms with Gasteiger partial charge in [0.05, 0.1) is 11.9 Å². The molecule has 0 bridgehead atoms. The van der Waals surface area contributed by atoms with Crippen LogP contribution in [0.5, 0.6) is 0 Å². The van der Waals surface area contributed by atoms with Crippen LogP contribution in [0.25, 0.3) is 0 Å². The molecule has 1 amide bonds. The Kier molecular flexibility index (Phi) is 5.76. The number of sulfonamides is 1. The molecule has 7 heteroatoms. The highest BCUT2D eigenvalue weighted by Gasteiger charge is 2.20. The van der Waals surface area contributed by atoms with Crippen LogP contribution in [0.15, 0.2) is 29.4 Å². The fourth-order valence-corrected chi connectivity index (χ4v) is 3.35. The van der Waals surface area contributed by atoms with Gasteiger partial charge in [-0.3, -0.25) is 9.10 Å². The molecule has 126 valence electrons. The summed E-state index contributed by atoms with van der Waals surface area (Å²) in [6.07, 6.45) is 6.26. The van der Waals surface area contributed by atoms with Gasteiger partial charge in [0.25, 0.3) is 5.91 Å². The molecular weight excluding hydrogens is 314 g/mol. The fourth-order valence-electron chi connectivity index (χ4n) is 2.49. The summed E-state index contributed by atoms with van der Waals surface area (Å²) >= 11 is 0. The standard InChI is InChI=1S/C16H23N3O3S/c1-13-8-10-15(11-9-13)19(23(2,21)22)12-16(20)18-17-14-6-4-3-5-7-14/h8-11H,3-7,12H2,1-2H3,(H,18,20). The van der Waals surface area contributed by atoms with Crippen LogP contribution in [0, 0.1) is 6.92 Å². The number of benzene rings is 1. The van der Waals surface area contributed by atoms with Gasteiger partial charge in [-0.1, -0.05) is 24.1 Å². The van der Waals surface area contributed by atoms with Gasteiger partial charge in [0.2, 0.25) is 10.0 Å². The van der Waals surface area contributed by atoms with Crippen LogP contribution in [0.2, 0.25) is 0 Å². The van der Waals surface area contributed by atoms with Crippen LogP contribution in [0.1, 0.15) is 37.7 Å². The minimum atomic E-state index is -3.55. The van der Waals surface area contributed by atoms with Crippen LogP contribution < -0.4 is 9.73 Å². The Labute approximate surface area is 137 Å². The van der Waals surface area contributed by atoms with E-state index in [1.165, 1.54) is 6.42 Å². The van der Waals surface area contributed by atoms with Crippen molar-refractivity contribution in [2.24, 2.45) is 5.10 Å². The number of carbonyl (C=O) groups is 1. The van der Waals surface area contributed by atoms with Gasteiger partial charge in [0.15, 0.2) is 0 Å². The van der Waals surface area contributed by atoms with Crippen molar-refractivity contribution in [3.8, 4) is 0 Å². The van der Waals surface area contributed by atoms with Crippen molar-refractivity contribution in [3.63, 3.8) is 0 Å². The first-order valence-corrected chi connectivity index (χ1v) is 9.60. The molecule has 0 heterocycles. The fraction of sp³-hybridized carbons (Fsp3) is 0.500. The highest BCUT2D eigenvalue weighted by atomic mass is 32.2. The maximum Gasteiger partial charge on any atom is 0.260 e. The third kappa shape index (κ3) is 5.35. The van der Waals surface area contributed by atoms with E-state index in [0.29, 0.717) is 5.69 Å². The van der Waals surface area contributed by atoms with Crippen molar-refractivity contribution in [2.45, 2.75) is 39.0 Å². The summed E-state index contributed by atoms with van der Waals surface area (Å²) in [4.78, 5) is 12.1. The molecule has 1 aromatic carbocycles. The van der Waals surface area contributed by atoms with E-state index in [2.05, 4.69) is 10.5 Å². The number of hydrogen-bond acceptors (Lipinski definition) is 4. The van der Waals surface area contributed by atoms with Crippen LogP contribution in [-0.4, -0.2) is 32.8 Å². The van der Waals surface area contributed by atoms with Crippen LogP contribution in [-0.2, 0) is 14.8 Å². The highest BCUT2D eigenvalue weighted by Crippen LogP contribution is 2.18. The van der Waals surface area contributed by atoms with E-state index in [1.807, 2.05) is 19.1 Å². The summed E-state index contributed by atoms with van der Waals surface area (Å²) in [6.45, 7) is 1.64. The minimum absolute atomic E-state index is 0.279. The first-order valence-electron chi connectivity index (χ1n) is 7.75. The molecule has 0 aliphatic heterocycles. The van der Waals surface area contributed by atoms with E-state index in [1.54, 1.807) is 12.1 Å². The second-order valence-corrected chi connectivity index (χ2v) is 7.79. The topological polar surface area (TPSA) is 78.8 Å². The predicted octanol–water partition coefficient (Wildman–Crippen LogP) is 2.20. The molecule has 23 heavy (non-hydrogen) atoms. The molecule has 0 saturated heterocycles. The number of hydrazone groups is 1. The van der Waals surface area contributed by atoms with Gasteiger partial charge < -0.3 is 0 Å². The Morgan fingerprint density at radius 2 is 1.78 bits per heavy atom. The molecule has 1 saturated carbocycles. The molecular formula is C16H23N3O3S. The zero-order chi connectivity index (χ0) is 16.9. The van der Waals surface area contributed by atoms with Crippen molar-refractivity contribution in [1.29, 1.82) is 0 Å². The van der Waals surface area contributed by atoms with Crippen LogP contribution in [0.4, 0.5) is 5.69 Å². The van der Waals surface area contributed by atoms with Crippen LogP contribution >= 0.6 is 0 Å². The Balaban J connectivity index is 2.06. The summed E-state index contributed by atoms with van der Waals surface area (Å²) in [7, 11) is -3.55. The summed E-state index contributed by atoms with van der Waals surface area (Å²) in [5.41, 5.74) is 4.95. The Bertz CT molecular complexity index is 673. The van der Waals surface area contributed by atoms with Gasteiger partial charge in [-0.2, -0.15) is 5.10 Å². The number of carbonyl (C=O) groups excluding carboxylic acids is 1. The predicted molar refractivity (Wildman–Crippen MR) is 92.0 cm³/mol. The van der Waals surface area contributed by atoms with Crippen molar-refractivity contribution in [3.05, 3.63) is 29.8 Å². The van der Waals surface area contributed by atoms with Gasteiger partial charge in [0, 0.05) is 5.71 Å². The van der Waals surface area contributed by atoms with E-state index < -0.39 is 15.9 Å². The number of amides is 1. The number of hydrogen-bond donors (Lipinski definition) is 1. The third-order valence-corrected chi connectivity index (χ3v) is 4.92. The van der Waals surface area contributed by atoms with Gasteiger partial charge in [0.1, 0.15) is 6.54 Å². The minimum Gasteiger partial charge on any atom is -0.271 e. The van der Waals surface area contributed by atoms with Crippen molar-refractivity contribution in [1.82, 2.24) is 5.43 Å². The number of nitrogens with one attached hydrogen (secondary N) is 1.